The molecule has 0 aromatic heterocycles. The SMILES string of the molecule is C=C(C)[C@H]1CSC(N(C(C)=O)c2ccccc2)=N1. The third-order valence-corrected chi connectivity index (χ3v) is 3.75. The van der Waals surface area contributed by atoms with Gasteiger partial charge in [-0.2, -0.15) is 0 Å². The van der Waals surface area contributed by atoms with Crippen molar-refractivity contribution in [3.8, 4) is 0 Å². The maximum absolute atomic E-state index is 11.8. The van der Waals surface area contributed by atoms with Gasteiger partial charge in [-0.25, -0.2) is 0 Å². The highest BCUT2D eigenvalue weighted by atomic mass is 32.2. The average molecular weight is 260 g/mol. The molecule has 3 nitrogen and oxygen atoms in total. The van der Waals surface area contributed by atoms with Crippen molar-refractivity contribution in [3.05, 3.63) is 42.5 Å². The Labute approximate surface area is 112 Å². The number of rotatable bonds is 2. The van der Waals surface area contributed by atoms with E-state index in [-0.39, 0.29) is 11.9 Å². The molecule has 0 fully saturated rings. The predicted molar refractivity (Wildman–Crippen MR) is 78.1 cm³/mol. The van der Waals surface area contributed by atoms with Gasteiger partial charge in [0.25, 0.3) is 0 Å². The Morgan fingerprint density at radius 1 is 1.39 bits per heavy atom. The van der Waals surface area contributed by atoms with Crippen LogP contribution in [0.1, 0.15) is 13.8 Å². The van der Waals surface area contributed by atoms with Crippen molar-refractivity contribution in [2.24, 2.45) is 4.99 Å². The summed E-state index contributed by atoms with van der Waals surface area (Å²) >= 11 is 1.60. The molecule has 1 atom stereocenters. The molecule has 1 aromatic carbocycles. The minimum Gasteiger partial charge on any atom is -0.274 e. The van der Waals surface area contributed by atoms with E-state index in [2.05, 4.69) is 11.6 Å². The van der Waals surface area contributed by atoms with Crippen molar-refractivity contribution < 1.29 is 4.79 Å². The summed E-state index contributed by atoms with van der Waals surface area (Å²) in [7, 11) is 0. The lowest BCUT2D eigenvalue weighted by molar-refractivity contribution is -0.115. The Morgan fingerprint density at radius 3 is 2.56 bits per heavy atom. The molecule has 1 amide bonds. The summed E-state index contributed by atoms with van der Waals surface area (Å²) in [5.74, 6) is 0.844. The Balaban J connectivity index is 2.31. The maximum atomic E-state index is 11.8. The van der Waals surface area contributed by atoms with E-state index in [1.807, 2.05) is 37.3 Å². The van der Waals surface area contributed by atoms with Gasteiger partial charge in [-0.15, -0.1) is 0 Å². The van der Waals surface area contributed by atoms with Crippen LogP contribution in [0.25, 0.3) is 0 Å². The van der Waals surface area contributed by atoms with Gasteiger partial charge in [0.2, 0.25) is 5.91 Å². The van der Waals surface area contributed by atoms with E-state index >= 15 is 0 Å². The van der Waals surface area contributed by atoms with Gasteiger partial charge in [-0.1, -0.05) is 42.1 Å². The molecular weight excluding hydrogens is 244 g/mol. The highest BCUT2D eigenvalue weighted by Crippen LogP contribution is 2.27. The maximum Gasteiger partial charge on any atom is 0.230 e. The number of carbonyl (C=O) groups excluding carboxylic acids is 1. The summed E-state index contributed by atoms with van der Waals surface area (Å²) in [4.78, 5) is 18.0. The van der Waals surface area contributed by atoms with Gasteiger partial charge in [0.05, 0.1) is 11.7 Å². The monoisotopic (exact) mass is 260 g/mol. The van der Waals surface area contributed by atoms with E-state index in [1.165, 1.54) is 0 Å². The summed E-state index contributed by atoms with van der Waals surface area (Å²) in [5.41, 5.74) is 1.90. The molecule has 94 valence electrons. The number of thioether (sulfide) groups is 1. The smallest absolute Gasteiger partial charge is 0.230 e. The van der Waals surface area contributed by atoms with Crippen molar-refractivity contribution in [3.63, 3.8) is 0 Å². The second-order valence-electron chi connectivity index (χ2n) is 4.27. The third-order valence-electron chi connectivity index (χ3n) is 2.73. The average Bonchev–Trinajstić information content (AvgIpc) is 2.79. The van der Waals surface area contributed by atoms with Crippen molar-refractivity contribution >= 4 is 28.5 Å². The first kappa shape index (κ1) is 12.9. The third kappa shape index (κ3) is 2.64. The van der Waals surface area contributed by atoms with Gasteiger partial charge < -0.3 is 0 Å². The summed E-state index contributed by atoms with van der Waals surface area (Å²) in [6.07, 6.45) is 0. The molecule has 0 spiro atoms. The number of anilines is 1. The first-order chi connectivity index (χ1) is 8.59. The van der Waals surface area contributed by atoms with Crippen LogP contribution in [0.4, 0.5) is 5.69 Å². The van der Waals surface area contributed by atoms with Gasteiger partial charge in [0, 0.05) is 12.7 Å². The number of carbonyl (C=O) groups is 1. The van der Waals surface area contributed by atoms with Crippen molar-refractivity contribution in [2.75, 3.05) is 10.7 Å². The normalized spacial score (nSPS) is 18.3. The molecule has 18 heavy (non-hydrogen) atoms. The number of benzene rings is 1. The number of hydrogen-bond donors (Lipinski definition) is 0. The molecule has 1 aliphatic heterocycles. The zero-order valence-corrected chi connectivity index (χ0v) is 11.4. The first-order valence-electron chi connectivity index (χ1n) is 5.81. The number of amidine groups is 1. The lowest BCUT2D eigenvalue weighted by Crippen LogP contribution is -2.32. The highest BCUT2D eigenvalue weighted by molar-refractivity contribution is 8.14. The van der Waals surface area contributed by atoms with Gasteiger partial charge >= 0.3 is 0 Å². The van der Waals surface area contributed by atoms with Crippen molar-refractivity contribution in [2.45, 2.75) is 19.9 Å². The molecule has 0 aliphatic carbocycles. The Kier molecular flexibility index (Phi) is 3.87. The summed E-state index contributed by atoms with van der Waals surface area (Å²) in [5, 5.41) is 0.765. The molecule has 0 unspecified atom stereocenters. The summed E-state index contributed by atoms with van der Waals surface area (Å²) < 4.78 is 0. The second kappa shape index (κ2) is 5.40. The van der Waals surface area contributed by atoms with Crippen LogP contribution in [0.15, 0.2) is 47.5 Å². The highest BCUT2D eigenvalue weighted by Gasteiger charge is 2.26. The van der Waals surface area contributed by atoms with Crippen LogP contribution >= 0.6 is 11.8 Å². The second-order valence-corrected chi connectivity index (χ2v) is 5.26. The van der Waals surface area contributed by atoms with Crippen LogP contribution < -0.4 is 4.90 Å². The fourth-order valence-electron chi connectivity index (χ4n) is 1.74. The quantitative estimate of drug-likeness (QED) is 0.765. The van der Waals surface area contributed by atoms with Crippen LogP contribution in [0.3, 0.4) is 0 Å². The van der Waals surface area contributed by atoms with E-state index in [0.29, 0.717) is 0 Å². The standard InChI is InChI=1S/C14H16N2OS/c1-10(2)13-9-18-14(15-13)16(11(3)17)12-7-5-4-6-8-12/h4-8,13H,1,9H2,2-3H3/t13-/m1/s1. The van der Waals surface area contributed by atoms with Gasteiger partial charge in [-0.3, -0.25) is 14.7 Å². The van der Waals surface area contributed by atoms with Gasteiger partial charge in [0.15, 0.2) is 5.17 Å². The molecule has 0 saturated heterocycles. The summed E-state index contributed by atoms with van der Waals surface area (Å²) in [6, 6.07) is 9.72. The van der Waals surface area contributed by atoms with Crippen LogP contribution in [0.5, 0.6) is 0 Å². The number of amides is 1. The minimum absolute atomic E-state index is 0.0187. The molecular formula is C14H16N2OS. The molecule has 0 radical (unpaired) electrons. The molecule has 0 bridgehead atoms. The fourth-order valence-corrected chi connectivity index (χ4v) is 2.97. The topological polar surface area (TPSA) is 32.7 Å². The lowest BCUT2D eigenvalue weighted by Gasteiger charge is -2.19. The number of hydrogen-bond acceptors (Lipinski definition) is 3. The molecule has 1 heterocycles. The van der Waals surface area contributed by atoms with Crippen LogP contribution in [-0.2, 0) is 4.79 Å². The van der Waals surface area contributed by atoms with E-state index in [0.717, 1.165) is 22.2 Å². The zero-order valence-electron chi connectivity index (χ0n) is 10.6. The fraction of sp³-hybridized carbons (Fsp3) is 0.286. The lowest BCUT2D eigenvalue weighted by atomic mass is 10.2. The number of aliphatic imine (C=N–C) groups is 1. The molecule has 0 saturated carbocycles. The van der Waals surface area contributed by atoms with E-state index < -0.39 is 0 Å². The predicted octanol–water partition coefficient (Wildman–Crippen LogP) is 3.09. The van der Waals surface area contributed by atoms with Crippen LogP contribution in [-0.4, -0.2) is 22.9 Å². The Bertz CT molecular complexity index is 496. The Morgan fingerprint density at radius 2 is 2.06 bits per heavy atom. The van der Waals surface area contributed by atoms with E-state index in [4.69, 9.17) is 0 Å². The number of nitrogens with zero attached hydrogens (tertiary/aromatic N) is 2. The van der Waals surface area contributed by atoms with E-state index in [1.54, 1.807) is 23.6 Å². The zero-order chi connectivity index (χ0) is 13.1. The molecule has 0 N–H and O–H groups in total. The molecule has 1 aliphatic rings. The summed E-state index contributed by atoms with van der Waals surface area (Å²) in [6.45, 7) is 7.45. The Hall–Kier alpha value is -1.55. The molecule has 1 aromatic rings. The molecule has 2 rings (SSSR count). The van der Waals surface area contributed by atoms with Crippen molar-refractivity contribution in [1.82, 2.24) is 0 Å². The van der Waals surface area contributed by atoms with Crippen LogP contribution in [0.2, 0.25) is 0 Å². The first-order valence-corrected chi connectivity index (χ1v) is 6.80. The van der Waals surface area contributed by atoms with Crippen LogP contribution in [0, 0.1) is 0 Å². The minimum atomic E-state index is -0.0187. The van der Waals surface area contributed by atoms with Crippen molar-refractivity contribution in [1.29, 1.82) is 0 Å². The van der Waals surface area contributed by atoms with E-state index in [9.17, 15) is 4.79 Å². The molecule has 4 heteroatoms. The number of para-hydroxylation sites is 1. The van der Waals surface area contributed by atoms with Gasteiger partial charge in [0.1, 0.15) is 0 Å². The van der Waals surface area contributed by atoms with Gasteiger partial charge in [-0.05, 0) is 19.1 Å². The largest absolute Gasteiger partial charge is 0.274 e.